The Hall–Kier alpha value is -2.21. The van der Waals surface area contributed by atoms with Gasteiger partial charge in [0.1, 0.15) is 18.5 Å². The van der Waals surface area contributed by atoms with Crippen LogP contribution in [0.3, 0.4) is 0 Å². The first-order chi connectivity index (χ1) is 11.2. The standard InChI is InChI=1S/C17H16BrNO4/c18-12-5-7-13(8-6-12)21-11-17(20)19-9-14-10-22-15-3-1-2-4-16(15)23-14/h1-8,14H,9-11H2,(H,19,20)/t14-/m0/s1. The number of hydrogen-bond donors (Lipinski definition) is 1. The highest BCUT2D eigenvalue weighted by Gasteiger charge is 2.20. The zero-order valence-corrected chi connectivity index (χ0v) is 13.9. The van der Waals surface area contributed by atoms with Crippen molar-refractivity contribution in [2.75, 3.05) is 19.8 Å². The van der Waals surface area contributed by atoms with E-state index in [9.17, 15) is 4.79 Å². The van der Waals surface area contributed by atoms with Crippen LogP contribution in [0.15, 0.2) is 53.0 Å². The predicted octanol–water partition coefficient (Wildman–Crippen LogP) is 2.78. The van der Waals surface area contributed by atoms with Crippen LogP contribution >= 0.6 is 15.9 Å². The molecular formula is C17H16BrNO4. The summed E-state index contributed by atoms with van der Waals surface area (Å²) in [6, 6.07) is 14.8. The van der Waals surface area contributed by atoms with Crippen molar-refractivity contribution in [3.8, 4) is 17.2 Å². The lowest BCUT2D eigenvalue weighted by Gasteiger charge is -2.26. The van der Waals surface area contributed by atoms with Gasteiger partial charge in [0.25, 0.3) is 5.91 Å². The molecule has 1 aliphatic heterocycles. The van der Waals surface area contributed by atoms with Gasteiger partial charge in [0.2, 0.25) is 0 Å². The number of fused-ring (bicyclic) bond motifs is 1. The van der Waals surface area contributed by atoms with Crippen molar-refractivity contribution >= 4 is 21.8 Å². The van der Waals surface area contributed by atoms with Crippen molar-refractivity contribution in [3.63, 3.8) is 0 Å². The Bertz CT molecular complexity index is 675. The van der Waals surface area contributed by atoms with Gasteiger partial charge in [-0.25, -0.2) is 0 Å². The molecule has 0 radical (unpaired) electrons. The van der Waals surface area contributed by atoms with Gasteiger partial charge in [-0.1, -0.05) is 28.1 Å². The Balaban J connectivity index is 1.42. The first-order valence-electron chi connectivity index (χ1n) is 7.24. The van der Waals surface area contributed by atoms with Crippen molar-refractivity contribution in [3.05, 3.63) is 53.0 Å². The number of amides is 1. The Labute approximate surface area is 142 Å². The maximum atomic E-state index is 11.8. The summed E-state index contributed by atoms with van der Waals surface area (Å²) in [5.41, 5.74) is 0. The number of carbonyl (C=O) groups excluding carboxylic acids is 1. The molecule has 1 heterocycles. The number of halogens is 1. The van der Waals surface area contributed by atoms with Gasteiger partial charge in [-0.05, 0) is 36.4 Å². The summed E-state index contributed by atoms with van der Waals surface area (Å²) in [4.78, 5) is 11.8. The van der Waals surface area contributed by atoms with E-state index >= 15 is 0 Å². The molecule has 0 saturated heterocycles. The third kappa shape index (κ3) is 4.39. The van der Waals surface area contributed by atoms with E-state index in [-0.39, 0.29) is 18.6 Å². The maximum Gasteiger partial charge on any atom is 0.258 e. The molecule has 1 aliphatic rings. The van der Waals surface area contributed by atoms with E-state index in [0.29, 0.717) is 24.7 Å². The first-order valence-corrected chi connectivity index (χ1v) is 8.03. The molecule has 0 spiro atoms. The zero-order valence-electron chi connectivity index (χ0n) is 12.3. The fourth-order valence-electron chi connectivity index (χ4n) is 2.12. The highest BCUT2D eigenvalue weighted by Crippen LogP contribution is 2.30. The lowest BCUT2D eigenvalue weighted by Crippen LogP contribution is -2.42. The van der Waals surface area contributed by atoms with Crippen LogP contribution in [0, 0.1) is 0 Å². The van der Waals surface area contributed by atoms with E-state index in [1.54, 1.807) is 12.1 Å². The normalized spacial score (nSPS) is 15.8. The van der Waals surface area contributed by atoms with Gasteiger partial charge < -0.3 is 19.5 Å². The van der Waals surface area contributed by atoms with Crippen LogP contribution in [0.2, 0.25) is 0 Å². The summed E-state index contributed by atoms with van der Waals surface area (Å²) in [7, 11) is 0. The maximum absolute atomic E-state index is 11.8. The Morgan fingerprint density at radius 1 is 1.17 bits per heavy atom. The molecule has 5 nitrogen and oxygen atoms in total. The number of ether oxygens (including phenoxy) is 3. The Kier molecular flexibility index (Phi) is 5.02. The van der Waals surface area contributed by atoms with Crippen molar-refractivity contribution in [2.24, 2.45) is 0 Å². The van der Waals surface area contributed by atoms with E-state index in [1.165, 1.54) is 0 Å². The van der Waals surface area contributed by atoms with Crippen LogP contribution in [0.5, 0.6) is 17.2 Å². The lowest BCUT2D eigenvalue weighted by molar-refractivity contribution is -0.123. The molecule has 1 amide bonds. The van der Waals surface area contributed by atoms with E-state index in [2.05, 4.69) is 21.2 Å². The molecule has 0 fully saturated rings. The molecule has 0 aliphatic carbocycles. The van der Waals surface area contributed by atoms with Gasteiger partial charge >= 0.3 is 0 Å². The van der Waals surface area contributed by atoms with Crippen molar-refractivity contribution < 1.29 is 19.0 Å². The summed E-state index contributed by atoms with van der Waals surface area (Å²) in [5.74, 6) is 1.88. The summed E-state index contributed by atoms with van der Waals surface area (Å²) in [6.45, 7) is 0.744. The molecule has 3 rings (SSSR count). The Morgan fingerprint density at radius 2 is 1.91 bits per heavy atom. The molecule has 0 saturated carbocycles. The number of hydrogen-bond acceptors (Lipinski definition) is 4. The average molecular weight is 378 g/mol. The van der Waals surface area contributed by atoms with Crippen LogP contribution in [0.1, 0.15) is 0 Å². The first kappa shape index (κ1) is 15.7. The molecule has 1 atom stereocenters. The van der Waals surface area contributed by atoms with Crippen LogP contribution in [0.4, 0.5) is 0 Å². The highest BCUT2D eigenvalue weighted by atomic mass is 79.9. The van der Waals surface area contributed by atoms with Crippen LogP contribution in [-0.2, 0) is 4.79 Å². The summed E-state index contributed by atoms with van der Waals surface area (Å²) in [5, 5.41) is 2.79. The SMILES string of the molecule is O=C(COc1ccc(Br)cc1)NC[C@H]1COc2ccccc2O1. The topological polar surface area (TPSA) is 56.8 Å². The zero-order chi connectivity index (χ0) is 16.1. The average Bonchev–Trinajstić information content (AvgIpc) is 2.59. The summed E-state index contributed by atoms with van der Waals surface area (Å²) in [6.07, 6.45) is -0.207. The minimum absolute atomic E-state index is 0.0359. The summed E-state index contributed by atoms with van der Waals surface area (Å²) < 4.78 is 17.7. The molecule has 2 aromatic carbocycles. The lowest BCUT2D eigenvalue weighted by atomic mass is 10.2. The van der Waals surface area contributed by atoms with E-state index in [4.69, 9.17) is 14.2 Å². The summed E-state index contributed by atoms with van der Waals surface area (Å²) >= 11 is 3.35. The van der Waals surface area contributed by atoms with Gasteiger partial charge in [0, 0.05) is 4.47 Å². The fraction of sp³-hybridized carbons (Fsp3) is 0.235. The molecular weight excluding hydrogens is 362 g/mol. The van der Waals surface area contributed by atoms with Gasteiger partial charge in [0.15, 0.2) is 18.1 Å². The van der Waals surface area contributed by atoms with Crippen molar-refractivity contribution in [2.45, 2.75) is 6.10 Å². The fourth-order valence-corrected chi connectivity index (χ4v) is 2.39. The molecule has 6 heteroatoms. The number of nitrogens with one attached hydrogen (secondary N) is 1. The van der Waals surface area contributed by atoms with E-state index in [0.717, 1.165) is 10.2 Å². The number of rotatable bonds is 5. The van der Waals surface area contributed by atoms with E-state index in [1.807, 2.05) is 36.4 Å². The molecule has 1 N–H and O–H groups in total. The molecule has 0 aromatic heterocycles. The molecule has 23 heavy (non-hydrogen) atoms. The van der Waals surface area contributed by atoms with Gasteiger partial charge in [-0.15, -0.1) is 0 Å². The minimum atomic E-state index is -0.207. The second-order valence-electron chi connectivity index (χ2n) is 5.04. The van der Waals surface area contributed by atoms with Gasteiger partial charge in [-0.2, -0.15) is 0 Å². The smallest absolute Gasteiger partial charge is 0.258 e. The Morgan fingerprint density at radius 3 is 2.70 bits per heavy atom. The van der Waals surface area contributed by atoms with Crippen molar-refractivity contribution in [1.82, 2.24) is 5.32 Å². The van der Waals surface area contributed by atoms with Gasteiger partial charge in [0.05, 0.1) is 6.54 Å². The highest BCUT2D eigenvalue weighted by molar-refractivity contribution is 9.10. The van der Waals surface area contributed by atoms with Crippen LogP contribution < -0.4 is 19.5 Å². The number of benzene rings is 2. The van der Waals surface area contributed by atoms with E-state index < -0.39 is 0 Å². The largest absolute Gasteiger partial charge is 0.486 e. The molecule has 0 unspecified atom stereocenters. The third-order valence-corrected chi connectivity index (χ3v) is 3.81. The second-order valence-corrected chi connectivity index (χ2v) is 5.96. The molecule has 2 aromatic rings. The van der Waals surface area contributed by atoms with Crippen LogP contribution in [-0.4, -0.2) is 31.8 Å². The monoisotopic (exact) mass is 377 g/mol. The van der Waals surface area contributed by atoms with Crippen LogP contribution in [0.25, 0.3) is 0 Å². The molecule has 0 bridgehead atoms. The van der Waals surface area contributed by atoms with Crippen molar-refractivity contribution in [1.29, 1.82) is 0 Å². The third-order valence-electron chi connectivity index (χ3n) is 3.28. The predicted molar refractivity (Wildman–Crippen MR) is 89.0 cm³/mol. The number of carbonyl (C=O) groups is 1. The van der Waals surface area contributed by atoms with Gasteiger partial charge in [-0.3, -0.25) is 4.79 Å². The number of para-hydroxylation sites is 2. The molecule has 120 valence electrons. The second kappa shape index (κ2) is 7.37. The quantitative estimate of drug-likeness (QED) is 0.870. The minimum Gasteiger partial charge on any atom is -0.486 e.